The van der Waals surface area contributed by atoms with Gasteiger partial charge in [0.05, 0.1) is 11.3 Å². The molecule has 1 fully saturated rings. The number of ether oxygens (including phenoxy) is 2. The molecule has 0 saturated carbocycles. The van der Waals surface area contributed by atoms with Gasteiger partial charge < -0.3 is 25.4 Å². The number of thiazole rings is 1. The number of carbonyl (C=O) groups excluding carboxylic acids is 2. The molecule has 5 rings (SSSR count). The van der Waals surface area contributed by atoms with E-state index in [1.54, 1.807) is 19.1 Å². The number of nitrogens with one attached hydrogen (secondary N) is 1. The fourth-order valence-corrected chi connectivity index (χ4v) is 7.01. The first-order valence-corrected chi connectivity index (χ1v) is 17.9. The zero-order chi connectivity index (χ0) is 34.9. The number of thioether (sulfide) groups is 1. The summed E-state index contributed by atoms with van der Waals surface area (Å²) in [6.07, 6.45) is 2.01. The van der Waals surface area contributed by atoms with Crippen molar-refractivity contribution in [2.75, 3.05) is 31.1 Å². The first-order chi connectivity index (χ1) is 23.7. The molecule has 2 aromatic carbocycles. The highest BCUT2D eigenvalue weighted by Gasteiger charge is 2.26. The number of benzene rings is 2. The van der Waals surface area contributed by atoms with Crippen LogP contribution in [0.25, 0.3) is 21.7 Å². The van der Waals surface area contributed by atoms with Gasteiger partial charge in [0.1, 0.15) is 58.0 Å². The fraction of sp³-hybridized carbons (Fsp3) is 0.314. The Morgan fingerprint density at radius 2 is 1.65 bits per heavy atom. The summed E-state index contributed by atoms with van der Waals surface area (Å²) in [6.45, 7) is 5.14. The van der Waals surface area contributed by atoms with Crippen molar-refractivity contribution >= 4 is 77.3 Å². The Morgan fingerprint density at radius 3 is 2.27 bits per heavy atom. The number of pyridine rings is 1. The molecule has 1 aliphatic rings. The maximum atomic E-state index is 12.0. The largest absolute Gasteiger partial charge is 0.492 e. The van der Waals surface area contributed by atoms with E-state index in [9.17, 15) is 20.1 Å². The standard InChI is InChI=1S/C35H34ClN7O4S2.2ClH/c1-21(39)34(44)47-35(45)22(2)40-13-16-46-27-11-7-23(8-12-27)30-28(17-37)31(43-14-3-4-15-43)42-33(29(30)18-38)49-20-26-19-48-32(41-26)24-5-9-25(36)10-6-24;;/h5-12,19,21-22,40H,3-4,13-16,20,39H2,1-2H3;2*1H. The van der Waals surface area contributed by atoms with Crippen molar-refractivity contribution in [2.45, 2.75) is 49.6 Å². The molecule has 3 heterocycles. The van der Waals surface area contributed by atoms with Gasteiger partial charge in [-0.1, -0.05) is 47.6 Å². The van der Waals surface area contributed by atoms with Gasteiger partial charge in [-0.3, -0.25) is 0 Å². The lowest BCUT2D eigenvalue weighted by Gasteiger charge is -2.22. The van der Waals surface area contributed by atoms with Crippen LogP contribution in [0.5, 0.6) is 5.75 Å². The lowest BCUT2D eigenvalue weighted by molar-refractivity contribution is -0.161. The van der Waals surface area contributed by atoms with E-state index in [1.807, 2.05) is 41.8 Å². The molecule has 11 nitrogen and oxygen atoms in total. The lowest BCUT2D eigenvalue weighted by Crippen LogP contribution is -2.41. The number of halogens is 3. The highest BCUT2D eigenvalue weighted by atomic mass is 35.5. The van der Waals surface area contributed by atoms with Crippen LogP contribution in [0.3, 0.4) is 0 Å². The van der Waals surface area contributed by atoms with Crippen LogP contribution >= 0.6 is 59.5 Å². The molecule has 0 spiro atoms. The molecule has 2 unspecified atom stereocenters. The molecule has 16 heteroatoms. The molecule has 2 atom stereocenters. The number of nitrogens with two attached hydrogens (primary N) is 1. The third-order valence-corrected chi connectivity index (χ3v) is 9.87. The first-order valence-electron chi connectivity index (χ1n) is 15.6. The molecule has 0 radical (unpaired) electrons. The molecule has 268 valence electrons. The average molecular weight is 789 g/mol. The topological polar surface area (TPSA) is 167 Å². The van der Waals surface area contributed by atoms with Crippen LogP contribution < -0.4 is 20.7 Å². The number of nitrogens with zero attached hydrogens (tertiary/aromatic N) is 5. The molecular weight excluding hydrogens is 753 g/mol. The van der Waals surface area contributed by atoms with E-state index in [2.05, 4.69) is 22.4 Å². The second kappa shape index (κ2) is 19.6. The predicted molar refractivity (Wildman–Crippen MR) is 205 cm³/mol. The highest BCUT2D eigenvalue weighted by Crippen LogP contribution is 2.40. The zero-order valence-electron chi connectivity index (χ0n) is 27.8. The lowest BCUT2D eigenvalue weighted by atomic mass is 9.96. The number of hydrogen-bond acceptors (Lipinski definition) is 13. The van der Waals surface area contributed by atoms with Crippen LogP contribution in [0.1, 0.15) is 43.5 Å². The van der Waals surface area contributed by atoms with Gasteiger partial charge in [0.2, 0.25) is 0 Å². The van der Waals surface area contributed by atoms with Crippen LogP contribution in [-0.2, 0) is 20.1 Å². The Morgan fingerprint density at radius 1 is 1.00 bits per heavy atom. The molecule has 4 aromatic rings. The number of carbonyl (C=O) groups is 2. The molecule has 1 aliphatic heterocycles. The maximum absolute atomic E-state index is 12.0. The minimum absolute atomic E-state index is 0. The van der Waals surface area contributed by atoms with Crippen LogP contribution in [0.15, 0.2) is 58.9 Å². The van der Waals surface area contributed by atoms with E-state index in [0.29, 0.717) is 56.2 Å². The fourth-order valence-electron chi connectivity index (χ4n) is 5.08. The van der Waals surface area contributed by atoms with Gasteiger partial charge in [-0.15, -0.1) is 36.2 Å². The second-order valence-corrected chi connectivity index (χ2v) is 13.6. The summed E-state index contributed by atoms with van der Waals surface area (Å²) in [5.74, 6) is 0.137. The van der Waals surface area contributed by atoms with Crippen molar-refractivity contribution in [3.8, 4) is 39.6 Å². The van der Waals surface area contributed by atoms with E-state index in [0.717, 1.165) is 42.2 Å². The summed E-state index contributed by atoms with van der Waals surface area (Å²) >= 11 is 9.02. The Labute approximate surface area is 322 Å². The average Bonchev–Trinajstić information content (AvgIpc) is 3.82. The van der Waals surface area contributed by atoms with E-state index in [1.165, 1.54) is 30.0 Å². The normalized spacial score (nSPS) is 13.2. The monoisotopic (exact) mass is 787 g/mol. The molecule has 3 N–H and O–H groups in total. The van der Waals surface area contributed by atoms with Gasteiger partial charge in [0, 0.05) is 46.9 Å². The van der Waals surface area contributed by atoms with Gasteiger partial charge in [-0.2, -0.15) is 10.5 Å². The van der Waals surface area contributed by atoms with Crippen molar-refractivity contribution in [1.29, 1.82) is 10.5 Å². The molecular formula is C35H36Cl3N7O4S2. The van der Waals surface area contributed by atoms with Crippen molar-refractivity contribution in [2.24, 2.45) is 5.73 Å². The number of nitriles is 2. The van der Waals surface area contributed by atoms with Gasteiger partial charge in [0.15, 0.2) is 0 Å². The highest BCUT2D eigenvalue weighted by molar-refractivity contribution is 7.98. The third-order valence-electron chi connectivity index (χ3n) is 7.66. The van der Waals surface area contributed by atoms with Crippen LogP contribution in [0, 0.1) is 22.7 Å². The van der Waals surface area contributed by atoms with E-state index < -0.39 is 24.0 Å². The van der Waals surface area contributed by atoms with Crippen LogP contribution in [-0.4, -0.2) is 60.2 Å². The number of aromatic nitrogens is 2. The van der Waals surface area contributed by atoms with E-state index in [4.69, 9.17) is 36.8 Å². The summed E-state index contributed by atoms with van der Waals surface area (Å²) in [7, 11) is 0. The van der Waals surface area contributed by atoms with Gasteiger partial charge in [-0.05, 0) is 56.5 Å². The summed E-state index contributed by atoms with van der Waals surface area (Å²) in [5.41, 5.74) is 9.20. The SMILES string of the molecule is CC(N)C(=O)OC(=O)C(C)NCCOc1ccc(-c2c(C#N)c(SCc3csc(-c4ccc(Cl)cc4)n3)nc(N3CCCC3)c2C#N)cc1.Cl.Cl. The number of hydrogen-bond donors (Lipinski definition) is 2. The quantitative estimate of drug-likeness (QED) is 0.0632. The molecule has 0 amide bonds. The minimum Gasteiger partial charge on any atom is -0.492 e. The van der Waals surface area contributed by atoms with Crippen molar-refractivity contribution in [3.05, 3.63) is 75.8 Å². The Bertz CT molecular complexity index is 1890. The molecule has 1 saturated heterocycles. The molecule has 51 heavy (non-hydrogen) atoms. The van der Waals surface area contributed by atoms with Crippen molar-refractivity contribution < 1.29 is 19.1 Å². The predicted octanol–water partition coefficient (Wildman–Crippen LogP) is 6.78. The van der Waals surface area contributed by atoms with E-state index >= 15 is 0 Å². The molecule has 0 aliphatic carbocycles. The number of rotatable bonds is 13. The Hall–Kier alpha value is -3.92. The second-order valence-electron chi connectivity index (χ2n) is 11.3. The molecule has 2 aromatic heterocycles. The minimum atomic E-state index is -0.890. The Balaban J connectivity index is 0.00000351. The summed E-state index contributed by atoms with van der Waals surface area (Å²) in [6, 6.07) is 17.8. The summed E-state index contributed by atoms with van der Waals surface area (Å²) in [5, 5.41) is 27.8. The molecule has 0 bridgehead atoms. The summed E-state index contributed by atoms with van der Waals surface area (Å²) < 4.78 is 10.6. The third kappa shape index (κ3) is 10.6. The number of anilines is 1. The van der Waals surface area contributed by atoms with Crippen molar-refractivity contribution in [3.63, 3.8) is 0 Å². The smallest absolute Gasteiger partial charge is 0.330 e. The number of esters is 2. The first kappa shape index (κ1) is 41.5. The Kier molecular flexibility index (Phi) is 16.0. The van der Waals surface area contributed by atoms with Gasteiger partial charge >= 0.3 is 11.9 Å². The van der Waals surface area contributed by atoms with E-state index in [-0.39, 0.29) is 31.4 Å². The van der Waals surface area contributed by atoms with Gasteiger partial charge in [0.25, 0.3) is 0 Å². The van der Waals surface area contributed by atoms with Crippen LogP contribution in [0.4, 0.5) is 5.82 Å². The van der Waals surface area contributed by atoms with Crippen LogP contribution in [0.2, 0.25) is 5.02 Å². The van der Waals surface area contributed by atoms with Crippen molar-refractivity contribution in [1.82, 2.24) is 15.3 Å². The van der Waals surface area contributed by atoms with Gasteiger partial charge in [-0.25, -0.2) is 19.6 Å². The summed E-state index contributed by atoms with van der Waals surface area (Å²) in [4.78, 5) is 35.4. The maximum Gasteiger partial charge on any atom is 0.330 e. The zero-order valence-corrected chi connectivity index (χ0v) is 31.8.